The molecule has 0 unspecified atom stereocenters. The van der Waals surface area contributed by atoms with Crippen molar-refractivity contribution in [2.24, 2.45) is 0 Å². The summed E-state index contributed by atoms with van der Waals surface area (Å²) in [6.07, 6.45) is 0. The van der Waals surface area contributed by atoms with Crippen LogP contribution in [0.25, 0.3) is 11.0 Å². The van der Waals surface area contributed by atoms with Crippen LogP contribution in [0.3, 0.4) is 0 Å². The Morgan fingerprint density at radius 3 is 2.76 bits per heavy atom. The van der Waals surface area contributed by atoms with E-state index in [1.807, 2.05) is 0 Å². The van der Waals surface area contributed by atoms with E-state index in [0.717, 1.165) is 11.5 Å². The van der Waals surface area contributed by atoms with Gasteiger partial charge in [0.1, 0.15) is 22.3 Å². The van der Waals surface area contributed by atoms with Crippen molar-refractivity contribution < 1.29 is 9.18 Å². The Kier molecular flexibility index (Phi) is 3.53. The number of aromatic amines is 1. The number of halogens is 3. The summed E-state index contributed by atoms with van der Waals surface area (Å²) < 4.78 is 13.3. The zero-order valence-electron chi connectivity index (χ0n) is 10.5. The lowest BCUT2D eigenvalue weighted by Crippen LogP contribution is -2.12. The molecule has 2 heterocycles. The Morgan fingerprint density at radius 1 is 1.19 bits per heavy atom. The van der Waals surface area contributed by atoms with Gasteiger partial charge in [0.05, 0.1) is 5.02 Å². The van der Waals surface area contributed by atoms with E-state index in [9.17, 15) is 9.18 Å². The number of rotatable bonds is 2. The highest BCUT2D eigenvalue weighted by molar-refractivity contribution is 6.30. The first kappa shape index (κ1) is 13.9. The summed E-state index contributed by atoms with van der Waals surface area (Å²) in [6.45, 7) is 0. The van der Waals surface area contributed by atoms with Gasteiger partial charge < -0.3 is 10.3 Å². The Labute approximate surface area is 128 Å². The summed E-state index contributed by atoms with van der Waals surface area (Å²) in [6, 6.07) is 9.06. The minimum atomic E-state index is -0.598. The maximum Gasteiger partial charge on any atom is 0.272 e. The predicted octanol–water partition coefficient (Wildman–Crippen LogP) is 4.26. The number of nitrogens with zero attached hydrogens (tertiary/aromatic N) is 1. The number of benzene rings is 1. The molecule has 0 radical (unpaired) electrons. The van der Waals surface area contributed by atoms with Crippen LogP contribution in [0, 0.1) is 5.82 Å². The van der Waals surface area contributed by atoms with E-state index >= 15 is 0 Å². The normalized spacial score (nSPS) is 10.8. The molecule has 1 amide bonds. The smallest absolute Gasteiger partial charge is 0.272 e. The minimum Gasteiger partial charge on any atom is -0.335 e. The fourth-order valence-corrected chi connectivity index (χ4v) is 2.14. The van der Waals surface area contributed by atoms with Crippen LogP contribution in [0.15, 0.2) is 36.4 Å². The fourth-order valence-electron chi connectivity index (χ4n) is 1.88. The summed E-state index contributed by atoms with van der Waals surface area (Å²) in [5.74, 6) is -1.01. The summed E-state index contributed by atoms with van der Waals surface area (Å²) in [5, 5.41) is 3.66. The van der Waals surface area contributed by atoms with E-state index in [1.54, 1.807) is 18.2 Å². The van der Waals surface area contributed by atoms with Crippen molar-refractivity contribution in [1.29, 1.82) is 0 Å². The molecule has 3 aromatic rings. The molecule has 7 heteroatoms. The monoisotopic (exact) mass is 323 g/mol. The zero-order chi connectivity index (χ0) is 15.0. The third kappa shape index (κ3) is 2.84. The molecular formula is C14H8Cl2FN3O. The highest BCUT2D eigenvalue weighted by Gasteiger charge is 2.11. The lowest BCUT2D eigenvalue weighted by Gasteiger charge is -2.04. The molecule has 0 saturated carbocycles. The molecule has 106 valence electrons. The summed E-state index contributed by atoms with van der Waals surface area (Å²) >= 11 is 11.4. The first-order valence-electron chi connectivity index (χ1n) is 5.94. The highest BCUT2D eigenvalue weighted by atomic mass is 35.5. The Bertz CT molecular complexity index is 847. The predicted molar refractivity (Wildman–Crippen MR) is 80.5 cm³/mol. The number of carbonyl (C=O) groups excluding carboxylic acids is 1. The van der Waals surface area contributed by atoms with Crippen molar-refractivity contribution in [2.75, 3.05) is 5.32 Å². The van der Waals surface area contributed by atoms with Gasteiger partial charge in [-0.05, 0) is 36.4 Å². The van der Waals surface area contributed by atoms with Gasteiger partial charge in [0, 0.05) is 11.1 Å². The quantitative estimate of drug-likeness (QED) is 0.692. The number of carbonyl (C=O) groups is 1. The Hall–Kier alpha value is -2.11. The van der Waals surface area contributed by atoms with E-state index in [2.05, 4.69) is 15.3 Å². The van der Waals surface area contributed by atoms with Crippen molar-refractivity contribution in [3.05, 3.63) is 58.1 Å². The van der Waals surface area contributed by atoms with Crippen LogP contribution in [-0.4, -0.2) is 15.9 Å². The van der Waals surface area contributed by atoms with Gasteiger partial charge in [-0.1, -0.05) is 23.2 Å². The number of anilines is 1. The van der Waals surface area contributed by atoms with Crippen molar-refractivity contribution in [3.8, 4) is 0 Å². The lowest BCUT2D eigenvalue weighted by atomic mass is 10.3. The Morgan fingerprint density at radius 2 is 2.00 bits per heavy atom. The minimum absolute atomic E-state index is 0.00236. The molecule has 0 aliphatic rings. The van der Waals surface area contributed by atoms with E-state index < -0.39 is 11.7 Å². The van der Waals surface area contributed by atoms with Crippen LogP contribution < -0.4 is 5.32 Å². The number of hydrogen-bond acceptors (Lipinski definition) is 2. The van der Waals surface area contributed by atoms with Gasteiger partial charge in [-0.15, -0.1) is 0 Å². The van der Waals surface area contributed by atoms with Crippen LogP contribution in [0.1, 0.15) is 10.5 Å². The van der Waals surface area contributed by atoms with Gasteiger partial charge in [0.2, 0.25) is 0 Å². The van der Waals surface area contributed by atoms with Gasteiger partial charge in [-0.25, -0.2) is 9.37 Å². The van der Waals surface area contributed by atoms with Crippen molar-refractivity contribution in [1.82, 2.24) is 9.97 Å². The number of aromatic nitrogens is 2. The van der Waals surface area contributed by atoms with Gasteiger partial charge >= 0.3 is 0 Å². The van der Waals surface area contributed by atoms with Crippen LogP contribution in [-0.2, 0) is 0 Å². The molecule has 3 rings (SSSR count). The second-order valence-corrected chi connectivity index (χ2v) is 5.13. The maximum atomic E-state index is 13.3. The van der Waals surface area contributed by atoms with Gasteiger partial charge in [-0.3, -0.25) is 4.79 Å². The molecule has 1 aromatic carbocycles. The largest absolute Gasteiger partial charge is 0.335 e. The SMILES string of the molecule is O=C(Nc1ccc(Cl)c(F)c1)c1cc2ccc(Cl)nc2[nH]1. The second kappa shape index (κ2) is 5.35. The number of pyridine rings is 1. The maximum absolute atomic E-state index is 13.3. The number of fused-ring (bicyclic) bond motifs is 1. The molecule has 21 heavy (non-hydrogen) atoms. The highest BCUT2D eigenvalue weighted by Crippen LogP contribution is 2.20. The average molecular weight is 324 g/mol. The molecule has 0 bridgehead atoms. The summed E-state index contributed by atoms with van der Waals surface area (Å²) in [7, 11) is 0. The third-order valence-corrected chi connectivity index (χ3v) is 3.38. The second-order valence-electron chi connectivity index (χ2n) is 4.34. The number of nitrogens with one attached hydrogen (secondary N) is 2. The first-order chi connectivity index (χ1) is 10.0. The molecule has 0 spiro atoms. The average Bonchev–Trinajstić information content (AvgIpc) is 2.86. The van der Waals surface area contributed by atoms with Crippen LogP contribution in [0.5, 0.6) is 0 Å². The zero-order valence-corrected chi connectivity index (χ0v) is 12.0. The summed E-state index contributed by atoms with van der Waals surface area (Å²) in [5.41, 5.74) is 1.12. The van der Waals surface area contributed by atoms with E-state index in [4.69, 9.17) is 23.2 Å². The molecule has 2 aromatic heterocycles. The van der Waals surface area contributed by atoms with Crippen LogP contribution in [0.4, 0.5) is 10.1 Å². The van der Waals surface area contributed by atoms with Crippen molar-refractivity contribution in [3.63, 3.8) is 0 Å². The molecular weight excluding hydrogens is 316 g/mol. The lowest BCUT2D eigenvalue weighted by molar-refractivity contribution is 0.102. The number of hydrogen-bond donors (Lipinski definition) is 2. The molecule has 0 saturated heterocycles. The fraction of sp³-hybridized carbons (Fsp3) is 0. The third-order valence-electron chi connectivity index (χ3n) is 2.87. The van der Waals surface area contributed by atoms with Gasteiger partial charge in [0.15, 0.2) is 0 Å². The standard InChI is InChI=1S/C14H8Cl2FN3O/c15-9-3-2-8(6-10(9)17)18-14(21)11-5-7-1-4-12(16)20-13(7)19-11/h1-6H,(H,18,21)(H,19,20). The van der Waals surface area contributed by atoms with Crippen LogP contribution in [0.2, 0.25) is 10.2 Å². The number of amides is 1. The van der Waals surface area contributed by atoms with Gasteiger partial charge in [0.25, 0.3) is 5.91 Å². The summed E-state index contributed by atoms with van der Waals surface area (Å²) in [4.78, 5) is 19.0. The van der Waals surface area contributed by atoms with Crippen molar-refractivity contribution >= 4 is 45.8 Å². The molecule has 0 aliphatic heterocycles. The molecule has 0 aliphatic carbocycles. The van der Waals surface area contributed by atoms with Gasteiger partial charge in [-0.2, -0.15) is 0 Å². The molecule has 4 nitrogen and oxygen atoms in total. The topological polar surface area (TPSA) is 57.8 Å². The number of H-pyrrole nitrogens is 1. The van der Waals surface area contributed by atoms with E-state index in [1.165, 1.54) is 12.1 Å². The molecule has 0 fully saturated rings. The molecule has 2 N–H and O–H groups in total. The van der Waals surface area contributed by atoms with Crippen LogP contribution >= 0.6 is 23.2 Å². The molecule has 0 atom stereocenters. The van der Waals surface area contributed by atoms with Crippen molar-refractivity contribution in [2.45, 2.75) is 0 Å². The Balaban J connectivity index is 1.87. The van der Waals surface area contributed by atoms with E-state index in [-0.39, 0.29) is 5.02 Å². The first-order valence-corrected chi connectivity index (χ1v) is 6.70. The van der Waals surface area contributed by atoms with E-state index in [0.29, 0.717) is 22.2 Å².